The summed E-state index contributed by atoms with van der Waals surface area (Å²) >= 11 is 0. The third kappa shape index (κ3) is 2.95. The molecule has 0 N–H and O–H groups in total. The summed E-state index contributed by atoms with van der Waals surface area (Å²) in [7, 11) is -3.66. The molecule has 2 atom stereocenters. The largest absolute Gasteiger partial charge is 0.279 e. The molecule has 8 heteroatoms. The van der Waals surface area contributed by atoms with Gasteiger partial charge in [0, 0.05) is 36.5 Å². The molecule has 0 saturated carbocycles. The second kappa shape index (κ2) is 6.42. The average Bonchev–Trinajstić information content (AvgIpc) is 3.07. The second-order valence-electron chi connectivity index (χ2n) is 7.35. The number of benzene rings is 1. The highest BCUT2D eigenvalue weighted by Gasteiger charge is 2.50. The monoisotopic (exact) mass is 380 g/mol. The van der Waals surface area contributed by atoms with Crippen LogP contribution in [0, 0.1) is 5.82 Å². The van der Waals surface area contributed by atoms with Gasteiger partial charge in [-0.3, -0.25) is 14.5 Å². The Bertz CT molecular complexity index is 827. The van der Waals surface area contributed by atoms with Crippen LogP contribution in [0.25, 0.3) is 0 Å². The fraction of sp³-hybridized carbons (Fsp3) is 0.556. The van der Waals surface area contributed by atoms with Crippen LogP contribution < -0.4 is 0 Å². The van der Waals surface area contributed by atoms with E-state index in [1.54, 1.807) is 6.07 Å². The van der Waals surface area contributed by atoms with E-state index in [0.29, 0.717) is 25.7 Å². The maximum Gasteiger partial charge on any atom is 0.229 e. The second-order valence-corrected chi connectivity index (χ2v) is 9.22. The molecule has 2 unspecified atom stereocenters. The van der Waals surface area contributed by atoms with Crippen molar-refractivity contribution in [3.8, 4) is 0 Å². The lowest BCUT2D eigenvalue weighted by Crippen LogP contribution is -2.53. The lowest BCUT2D eigenvalue weighted by Gasteiger charge is -2.40. The molecule has 3 heterocycles. The standard InChI is InChI=1S/C18H21FN2O4S/c19-16-4-2-1-3-12(16)11-26(24,25)21-13-5-6-14(21)10-15(9-13)20-17(22)7-8-18(20)23/h1-4,13-15H,5-11H2. The highest BCUT2D eigenvalue weighted by Crippen LogP contribution is 2.41. The number of carbonyl (C=O) groups is 2. The number of nitrogens with zero attached hydrogens (tertiary/aromatic N) is 2. The minimum Gasteiger partial charge on any atom is -0.279 e. The number of likely N-dealkylation sites (tertiary alicyclic amines) is 1. The summed E-state index contributed by atoms with van der Waals surface area (Å²) in [5, 5.41) is 0. The number of carbonyl (C=O) groups excluding carboxylic acids is 2. The van der Waals surface area contributed by atoms with E-state index in [9.17, 15) is 22.4 Å². The van der Waals surface area contributed by atoms with Crippen molar-refractivity contribution in [1.82, 2.24) is 9.21 Å². The molecule has 0 aliphatic carbocycles. The number of rotatable bonds is 4. The van der Waals surface area contributed by atoms with Crippen LogP contribution in [0.1, 0.15) is 44.1 Å². The zero-order chi connectivity index (χ0) is 18.5. The highest BCUT2D eigenvalue weighted by atomic mass is 32.2. The molecule has 3 aliphatic rings. The molecule has 4 rings (SSSR count). The Morgan fingerprint density at radius 1 is 0.962 bits per heavy atom. The van der Waals surface area contributed by atoms with E-state index in [2.05, 4.69) is 0 Å². The quantitative estimate of drug-likeness (QED) is 0.747. The maximum absolute atomic E-state index is 13.9. The number of imide groups is 1. The van der Waals surface area contributed by atoms with E-state index in [-0.39, 0.29) is 54.1 Å². The summed E-state index contributed by atoms with van der Waals surface area (Å²) < 4.78 is 41.3. The third-order valence-electron chi connectivity index (χ3n) is 5.71. The minimum absolute atomic E-state index is 0.151. The predicted molar refractivity (Wildman–Crippen MR) is 91.8 cm³/mol. The van der Waals surface area contributed by atoms with Crippen LogP contribution in [0.3, 0.4) is 0 Å². The Balaban J connectivity index is 1.54. The molecule has 1 aromatic rings. The van der Waals surface area contributed by atoms with Crippen molar-refractivity contribution >= 4 is 21.8 Å². The van der Waals surface area contributed by atoms with Gasteiger partial charge in [-0.1, -0.05) is 18.2 Å². The molecule has 3 saturated heterocycles. The Morgan fingerprint density at radius 3 is 2.12 bits per heavy atom. The molecule has 1 aromatic carbocycles. The first-order valence-electron chi connectivity index (χ1n) is 8.96. The van der Waals surface area contributed by atoms with Crippen LogP contribution in [0.4, 0.5) is 4.39 Å². The summed E-state index contributed by atoms with van der Waals surface area (Å²) in [6, 6.07) is 5.24. The fourth-order valence-electron chi connectivity index (χ4n) is 4.66. The fourth-order valence-corrected chi connectivity index (χ4v) is 6.73. The van der Waals surface area contributed by atoms with Gasteiger partial charge in [-0.05, 0) is 31.7 Å². The number of piperidine rings is 1. The van der Waals surface area contributed by atoms with Gasteiger partial charge in [-0.15, -0.1) is 0 Å². The third-order valence-corrected chi connectivity index (χ3v) is 7.63. The lowest BCUT2D eigenvalue weighted by molar-refractivity contribution is -0.142. The summed E-state index contributed by atoms with van der Waals surface area (Å²) in [5.74, 6) is -1.19. The van der Waals surface area contributed by atoms with Crippen LogP contribution in [-0.2, 0) is 25.4 Å². The summed E-state index contributed by atoms with van der Waals surface area (Å²) in [6.45, 7) is 0. The van der Waals surface area contributed by atoms with Crippen LogP contribution in [0.2, 0.25) is 0 Å². The zero-order valence-electron chi connectivity index (χ0n) is 14.3. The number of fused-ring (bicyclic) bond motifs is 2. The smallest absolute Gasteiger partial charge is 0.229 e. The van der Waals surface area contributed by atoms with Crippen LogP contribution in [0.15, 0.2) is 24.3 Å². The Morgan fingerprint density at radius 2 is 1.54 bits per heavy atom. The minimum atomic E-state index is -3.66. The van der Waals surface area contributed by atoms with Crippen molar-refractivity contribution in [3.05, 3.63) is 35.6 Å². The van der Waals surface area contributed by atoms with Crippen LogP contribution in [-0.4, -0.2) is 47.6 Å². The number of halogens is 1. The summed E-state index contributed by atoms with van der Waals surface area (Å²) in [6.07, 6.45) is 2.89. The van der Waals surface area contributed by atoms with Gasteiger partial charge in [0.1, 0.15) is 5.82 Å². The van der Waals surface area contributed by atoms with E-state index < -0.39 is 15.8 Å². The number of hydrogen-bond donors (Lipinski definition) is 0. The van der Waals surface area contributed by atoms with Gasteiger partial charge in [-0.2, -0.15) is 4.31 Å². The van der Waals surface area contributed by atoms with Gasteiger partial charge < -0.3 is 0 Å². The molecular weight excluding hydrogens is 359 g/mol. The van der Waals surface area contributed by atoms with E-state index in [0.717, 1.165) is 0 Å². The molecule has 2 bridgehead atoms. The maximum atomic E-state index is 13.9. The van der Waals surface area contributed by atoms with Crippen molar-refractivity contribution in [2.24, 2.45) is 0 Å². The first-order chi connectivity index (χ1) is 12.4. The topological polar surface area (TPSA) is 74.8 Å². The molecule has 3 fully saturated rings. The number of hydrogen-bond acceptors (Lipinski definition) is 4. The molecule has 26 heavy (non-hydrogen) atoms. The van der Waals surface area contributed by atoms with Crippen molar-refractivity contribution < 1.29 is 22.4 Å². The molecule has 0 radical (unpaired) electrons. The molecule has 2 amide bonds. The van der Waals surface area contributed by atoms with E-state index in [4.69, 9.17) is 0 Å². The van der Waals surface area contributed by atoms with E-state index in [1.165, 1.54) is 27.4 Å². The van der Waals surface area contributed by atoms with Crippen molar-refractivity contribution in [2.45, 2.75) is 62.4 Å². The highest BCUT2D eigenvalue weighted by molar-refractivity contribution is 7.88. The summed E-state index contributed by atoms with van der Waals surface area (Å²) in [4.78, 5) is 25.4. The van der Waals surface area contributed by atoms with Crippen molar-refractivity contribution in [1.29, 1.82) is 0 Å². The molecule has 3 aliphatic heterocycles. The SMILES string of the molecule is O=C1CCC(=O)N1C1CC2CCC(C1)N2S(=O)(=O)Cc1ccccc1F. The van der Waals surface area contributed by atoms with E-state index >= 15 is 0 Å². The van der Waals surface area contributed by atoms with Gasteiger partial charge in [0.2, 0.25) is 21.8 Å². The van der Waals surface area contributed by atoms with Gasteiger partial charge in [0.25, 0.3) is 0 Å². The van der Waals surface area contributed by atoms with Gasteiger partial charge in [0.05, 0.1) is 5.75 Å². The van der Waals surface area contributed by atoms with Gasteiger partial charge in [-0.25, -0.2) is 12.8 Å². The Hall–Kier alpha value is -1.80. The Kier molecular flexibility index (Phi) is 4.35. The van der Waals surface area contributed by atoms with E-state index in [1.807, 2.05) is 0 Å². The zero-order valence-corrected chi connectivity index (χ0v) is 15.1. The molecule has 0 spiro atoms. The molecular formula is C18H21FN2O4S. The first kappa shape index (κ1) is 17.6. The number of sulfonamides is 1. The average molecular weight is 380 g/mol. The van der Waals surface area contributed by atoms with Gasteiger partial charge >= 0.3 is 0 Å². The van der Waals surface area contributed by atoms with Gasteiger partial charge in [0.15, 0.2) is 0 Å². The summed E-state index contributed by atoms with van der Waals surface area (Å²) in [5.41, 5.74) is 0.166. The van der Waals surface area contributed by atoms with Crippen LogP contribution >= 0.6 is 0 Å². The Labute approximate surface area is 152 Å². The first-order valence-corrected chi connectivity index (χ1v) is 10.6. The molecule has 6 nitrogen and oxygen atoms in total. The van der Waals surface area contributed by atoms with Crippen molar-refractivity contribution in [2.75, 3.05) is 0 Å². The normalized spacial score (nSPS) is 29.6. The predicted octanol–water partition coefficient (Wildman–Crippen LogP) is 1.80. The van der Waals surface area contributed by atoms with Crippen molar-refractivity contribution in [3.63, 3.8) is 0 Å². The lowest BCUT2D eigenvalue weighted by atomic mass is 9.98. The van der Waals surface area contributed by atoms with Crippen LogP contribution in [0.5, 0.6) is 0 Å². The number of amides is 2. The molecule has 0 aromatic heterocycles. The molecule has 140 valence electrons.